The predicted octanol–water partition coefficient (Wildman–Crippen LogP) is 6.75. The normalized spacial score (nSPS) is 18.8. The zero-order valence-electron chi connectivity index (χ0n) is 19.1. The van der Waals surface area contributed by atoms with Crippen LogP contribution < -0.4 is 0 Å². The van der Waals surface area contributed by atoms with E-state index in [1.54, 1.807) is 30.3 Å². The molecule has 0 aromatic heterocycles. The first kappa shape index (κ1) is 26.0. The van der Waals surface area contributed by atoms with Crippen LogP contribution in [-0.2, 0) is 14.3 Å². The van der Waals surface area contributed by atoms with Gasteiger partial charge in [-0.1, -0.05) is 36.9 Å². The molecule has 0 unspecified atom stereocenters. The molecule has 1 saturated carbocycles. The summed E-state index contributed by atoms with van der Waals surface area (Å²) < 4.78 is 11.3. The van der Waals surface area contributed by atoms with Gasteiger partial charge in [0.25, 0.3) is 0 Å². The van der Waals surface area contributed by atoms with E-state index in [4.69, 9.17) is 9.47 Å². The molecule has 0 aliphatic heterocycles. The van der Waals surface area contributed by atoms with Gasteiger partial charge < -0.3 is 14.6 Å². The molecule has 0 radical (unpaired) electrons. The third-order valence-electron chi connectivity index (χ3n) is 4.71. The summed E-state index contributed by atoms with van der Waals surface area (Å²) in [4.78, 5) is 12.0. The van der Waals surface area contributed by atoms with Crippen molar-refractivity contribution in [3.8, 4) is 5.75 Å². The monoisotopic (exact) mass is 424 g/mol. The van der Waals surface area contributed by atoms with Gasteiger partial charge in [0.05, 0.1) is 0 Å². The zero-order chi connectivity index (χ0) is 23.4. The van der Waals surface area contributed by atoms with Gasteiger partial charge in [0.15, 0.2) is 0 Å². The Morgan fingerprint density at radius 1 is 1.00 bits per heavy atom. The number of aromatic hydroxyl groups is 1. The number of phenolic OH excluding ortho intramolecular Hbond substituents is 1. The number of hydrogen-bond acceptors (Lipinski definition) is 4. The summed E-state index contributed by atoms with van der Waals surface area (Å²) in [5.41, 5.74) is 1.63. The van der Waals surface area contributed by atoms with E-state index in [1.807, 2.05) is 32.9 Å². The highest BCUT2D eigenvalue weighted by atomic mass is 16.5. The molecule has 1 aromatic carbocycles. The van der Waals surface area contributed by atoms with Crippen molar-refractivity contribution in [1.29, 1.82) is 0 Å². The smallest absolute Gasteiger partial charge is 0.331 e. The molecule has 4 heteroatoms. The largest absolute Gasteiger partial charge is 0.508 e. The van der Waals surface area contributed by atoms with Crippen molar-refractivity contribution in [2.75, 3.05) is 0 Å². The van der Waals surface area contributed by atoms with Crippen molar-refractivity contribution in [2.45, 2.75) is 58.2 Å². The van der Waals surface area contributed by atoms with E-state index in [0.717, 1.165) is 36.8 Å². The molecule has 0 spiro atoms. The topological polar surface area (TPSA) is 55.8 Å². The van der Waals surface area contributed by atoms with Crippen LogP contribution in [0.15, 0.2) is 80.1 Å². The minimum absolute atomic E-state index is 0.0563. The molecule has 1 aromatic rings. The van der Waals surface area contributed by atoms with Gasteiger partial charge in [-0.15, -0.1) is 13.2 Å². The van der Waals surface area contributed by atoms with E-state index in [0.29, 0.717) is 11.7 Å². The fourth-order valence-electron chi connectivity index (χ4n) is 3.27. The van der Waals surface area contributed by atoms with Crippen LogP contribution in [0.25, 0.3) is 6.08 Å². The fourth-order valence-corrected chi connectivity index (χ4v) is 3.27. The van der Waals surface area contributed by atoms with E-state index in [-0.39, 0.29) is 23.4 Å². The van der Waals surface area contributed by atoms with Crippen LogP contribution in [0.4, 0.5) is 0 Å². The van der Waals surface area contributed by atoms with Crippen LogP contribution in [0.5, 0.6) is 5.75 Å². The molecular formula is C27H36O4. The number of benzene rings is 1. The molecule has 1 fully saturated rings. The van der Waals surface area contributed by atoms with Gasteiger partial charge in [0, 0.05) is 6.08 Å². The molecular weight excluding hydrogens is 388 g/mol. The van der Waals surface area contributed by atoms with Crippen LogP contribution in [0.3, 0.4) is 0 Å². The summed E-state index contributed by atoms with van der Waals surface area (Å²) in [7, 11) is 0. The molecule has 1 aliphatic rings. The summed E-state index contributed by atoms with van der Waals surface area (Å²) >= 11 is 0. The Morgan fingerprint density at radius 3 is 2.13 bits per heavy atom. The first-order valence-electron chi connectivity index (χ1n) is 10.5. The van der Waals surface area contributed by atoms with Gasteiger partial charge in [-0.2, -0.15) is 0 Å². The molecule has 2 rings (SSSR count). The number of ether oxygens (including phenoxy) is 2. The second kappa shape index (κ2) is 12.6. The molecule has 31 heavy (non-hydrogen) atoms. The lowest BCUT2D eigenvalue weighted by Crippen LogP contribution is -2.24. The quantitative estimate of drug-likeness (QED) is 0.173. The van der Waals surface area contributed by atoms with Gasteiger partial charge in [-0.3, -0.25) is 0 Å². The number of esters is 1. The van der Waals surface area contributed by atoms with Crippen LogP contribution >= 0.6 is 0 Å². The van der Waals surface area contributed by atoms with Crippen molar-refractivity contribution >= 4 is 12.0 Å². The highest BCUT2D eigenvalue weighted by Crippen LogP contribution is 2.31. The Morgan fingerprint density at radius 2 is 1.58 bits per heavy atom. The second-order valence-corrected chi connectivity index (χ2v) is 8.42. The van der Waals surface area contributed by atoms with Gasteiger partial charge >= 0.3 is 5.97 Å². The molecule has 4 nitrogen and oxygen atoms in total. The number of carbonyl (C=O) groups excluding carboxylic acids is 1. The fraction of sp³-hybridized carbons (Fsp3) is 0.370. The maximum atomic E-state index is 12.0. The standard InChI is InChI=1S/C25H32O4.C2H4/c1-18(6-7-19(2)29-25(3,4)5)21-11-15-23(16-12-21)28-24(27)17-10-20-8-13-22(26)14-9-20;1-2/h6-10,13-14,17,21,23,26H,1-2,11-12,15-16H2,3-5H3;1-2H2/b7-6-,17-10+;. The van der Waals surface area contributed by atoms with Crippen molar-refractivity contribution < 1.29 is 19.4 Å². The molecule has 1 aliphatic carbocycles. The first-order valence-corrected chi connectivity index (χ1v) is 10.5. The van der Waals surface area contributed by atoms with Gasteiger partial charge in [0.2, 0.25) is 0 Å². The van der Waals surface area contributed by atoms with Gasteiger partial charge in [-0.25, -0.2) is 4.79 Å². The van der Waals surface area contributed by atoms with Crippen molar-refractivity contribution in [3.05, 3.63) is 85.7 Å². The molecule has 0 saturated heterocycles. The van der Waals surface area contributed by atoms with E-state index in [1.165, 1.54) is 6.08 Å². The van der Waals surface area contributed by atoms with E-state index >= 15 is 0 Å². The van der Waals surface area contributed by atoms with Crippen LogP contribution in [0.2, 0.25) is 0 Å². The predicted molar refractivity (Wildman–Crippen MR) is 128 cm³/mol. The van der Waals surface area contributed by atoms with Gasteiger partial charge in [-0.05, 0) is 82.2 Å². The second-order valence-electron chi connectivity index (χ2n) is 8.42. The van der Waals surface area contributed by atoms with E-state index in [2.05, 4.69) is 26.3 Å². The van der Waals surface area contributed by atoms with Crippen LogP contribution in [0, 0.1) is 5.92 Å². The molecule has 0 heterocycles. The Hall–Kier alpha value is -3.01. The van der Waals surface area contributed by atoms with Gasteiger partial charge in [0.1, 0.15) is 23.2 Å². The summed E-state index contributed by atoms with van der Waals surface area (Å²) in [6.07, 6.45) is 10.4. The average molecular weight is 425 g/mol. The summed E-state index contributed by atoms with van der Waals surface area (Å²) in [6.45, 7) is 20.1. The van der Waals surface area contributed by atoms with Crippen molar-refractivity contribution in [1.82, 2.24) is 0 Å². The van der Waals surface area contributed by atoms with Crippen molar-refractivity contribution in [3.63, 3.8) is 0 Å². The lowest BCUT2D eigenvalue weighted by Gasteiger charge is -2.28. The summed E-state index contributed by atoms with van der Waals surface area (Å²) in [5, 5.41) is 9.28. The van der Waals surface area contributed by atoms with Crippen LogP contribution in [0.1, 0.15) is 52.0 Å². The minimum Gasteiger partial charge on any atom is -0.508 e. The zero-order valence-corrected chi connectivity index (χ0v) is 19.1. The van der Waals surface area contributed by atoms with E-state index < -0.39 is 0 Å². The SMILES string of the molecule is C=C.C=C(/C=C\C(=C)C1CCC(OC(=O)/C=C/c2ccc(O)cc2)CC1)OC(C)(C)C. The number of phenols is 1. The highest BCUT2D eigenvalue weighted by Gasteiger charge is 2.24. The molecule has 168 valence electrons. The number of carbonyl (C=O) groups is 1. The molecule has 0 amide bonds. The highest BCUT2D eigenvalue weighted by molar-refractivity contribution is 5.87. The minimum atomic E-state index is -0.337. The lowest BCUT2D eigenvalue weighted by atomic mass is 9.83. The van der Waals surface area contributed by atoms with Crippen LogP contribution in [-0.4, -0.2) is 22.8 Å². The Balaban J connectivity index is 0.00000233. The lowest BCUT2D eigenvalue weighted by molar-refractivity contribution is -0.144. The number of rotatable bonds is 7. The van der Waals surface area contributed by atoms with Crippen molar-refractivity contribution in [2.24, 2.45) is 5.92 Å². The molecule has 0 bridgehead atoms. The third-order valence-corrected chi connectivity index (χ3v) is 4.71. The third kappa shape index (κ3) is 10.5. The summed E-state index contributed by atoms with van der Waals surface area (Å²) in [5.74, 6) is 0.873. The average Bonchev–Trinajstić information content (AvgIpc) is 2.72. The maximum Gasteiger partial charge on any atom is 0.331 e. The maximum absolute atomic E-state index is 12.0. The Labute approximate surface area is 187 Å². The Bertz CT molecular complexity index is 786. The molecule has 0 atom stereocenters. The Kier molecular flexibility index (Phi) is 10.6. The van der Waals surface area contributed by atoms with E-state index in [9.17, 15) is 9.90 Å². The number of allylic oxidation sites excluding steroid dienone is 3. The molecule has 1 N–H and O–H groups in total. The number of hydrogen-bond donors (Lipinski definition) is 1. The summed E-state index contributed by atoms with van der Waals surface area (Å²) in [6, 6.07) is 6.64. The first-order chi connectivity index (χ1) is 14.6.